The van der Waals surface area contributed by atoms with Crippen molar-refractivity contribution in [3.63, 3.8) is 0 Å². The van der Waals surface area contributed by atoms with E-state index in [4.69, 9.17) is 0 Å². The molecule has 4 nitrogen and oxygen atoms in total. The Bertz CT molecular complexity index is 983. The molecule has 2 amide bonds. The van der Waals surface area contributed by atoms with Gasteiger partial charge in [-0.25, -0.2) is 4.39 Å². The number of anilines is 1. The maximum Gasteiger partial charge on any atom is 0.256 e. The molecule has 3 aromatic carbocycles. The van der Waals surface area contributed by atoms with Crippen molar-refractivity contribution in [2.45, 2.75) is 0 Å². The van der Waals surface area contributed by atoms with Gasteiger partial charge in [-0.05, 0) is 51.6 Å². The summed E-state index contributed by atoms with van der Waals surface area (Å²) in [4.78, 5) is 24.9. The molecule has 0 spiro atoms. The lowest BCUT2D eigenvalue weighted by Crippen LogP contribution is -2.20. The van der Waals surface area contributed by atoms with Gasteiger partial charge in [-0.1, -0.05) is 24.3 Å². The van der Waals surface area contributed by atoms with Gasteiger partial charge in [-0.15, -0.1) is 0 Å². The lowest BCUT2D eigenvalue weighted by atomic mass is 9.98. The van der Waals surface area contributed by atoms with Gasteiger partial charge in [-0.3, -0.25) is 9.59 Å². The Morgan fingerprint density at radius 1 is 0.960 bits per heavy atom. The molecule has 0 atom stereocenters. The Labute approximate surface area is 152 Å². The highest BCUT2D eigenvalue weighted by Gasteiger charge is 2.17. The van der Waals surface area contributed by atoms with E-state index in [9.17, 15) is 14.0 Å². The number of benzene rings is 3. The van der Waals surface area contributed by atoms with Crippen molar-refractivity contribution in [1.82, 2.24) is 5.32 Å². The summed E-state index contributed by atoms with van der Waals surface area (Å²) in [7, 11) is 1.54. The van der Waals surface area contributed by atoms with E-state index >= 15 is 0 Å². The molecule has 25 heavy (non-hydrogen) atoms. The molecule has 126 valence electrons. The molecule has 0 heterocycles. The highest BCUT2D eigenvalue weighted by molar-refractivity contribution is 9.10. The first-order valence-electron chi connectivity index (χ1n) is 7.51. The van der Waals surface area contributed by atoms with Gasteiger partial charge in [0.1, 0.15) is 5.82 Å². The third-order valence-electron chi connectivity index (χ3n) is 3.80. The Morgan fingerprint density at radius 3 is 2.20 bits per heavy atom. The summed E-state index contributed by atoms with van der Waals surface area (Å²) >= 11 is 3.23. The van der Waals surface area contributed by atoms with E-state index in [0.29, 0.717) is 26.7 Å². The van der Waals surface area contributed by atoms with Crippen molar-refractivity contribution < 1.29 is 14.0 Å². The number of hydrogen-bond donors (Lipinski definition) is 2. The highest BCUT2D eigenvalue weighted by Crippen LogP contribution is 2.27. The molecule has 3 rings (SSSR count). The highest BCUT2D eigenvalue weighted by atomic mass is 79.9. The Kier molecular flexibility index (Phi) is 4.81. The fraction of sp³-hybridized carbons (Fsp3) is 0.0526. The number of rotatable bonds is 3. The van der Waals surface area contributed by atoms with Crippen molar-refractivity contribution in [1.29, 1.82) is 0 Å². The zero-order valence-electron chi connectivity index (χ0n) is 13.3. The third-order valence-corrected chi connectivity index (χ3v) is 4.46. The zero-order chi connectivity index (χ0) is 18.0. The normalized spacial score (nSPS) is 10.5. The van der Waals surface area contributed by atoms with Gasteiger partial charge in [0.2, 0.25) is 0 Å². The average Bonchev–Trinajstić information content (AvgIpc) is 2.62. The van der Waals surface area contributed by atoms with Crippen LogP contribution in [0.5, 0.6) is 0 Å². The van der Waals surface area contributed by atoms with Crippen LogP contribution in [0.2, 0.25) is 0 Å². The van der Waals surface area contributed by atoms with Gasteiger partial charge < -0.3 is 10.6 Å². The van der Waals surface area contributed by atoms with E-state index in [1.165, 1.54) is 18.2 Å². The molecule has 6 heteroatoms. The smallest absolute Gasteiger partial charge is 0.256 e. The van der Waals surface area contributed by atoms with Crippen molar-refractivity contribution in [2.75, 3.05) is 12.4 Å². The number of carbonyl (C=O) groups is 2. The lowest BCUT2D eigenvalue weighted by molar-refractivity contribution is 0.0964. The van der Waals surface area contributed by atoms with Crippen LogP contribution in [-0.2, 0) is 0 Å². The second kappa shape index (κ2) is 7.03. The summed E-state index contributed by atoms with van der Waals surface area (Å²) in [5.74, 6) is -1.06. The summed E-state index contributed by atoms with van der Waals surface area (Å²) in [6, 6.07) is 14.5. The van der Waals surface area contributed by atoms with E-state index in [0.717, 1.165) is 5.39 Å². The van der Waals surface area contributed by atoms with Crippen molar-refractivity contribution >= 4 is 44.2 Å². The predicted molar refractivity (Wildman–Crippen MR) is 99.4 cm³/mol. The number of hydrogen-bond acceptors (Lipinski definition) is 2. The van der Waals surface area contributed by atoms with Crippen LogP contribution in [0.15, 0.2) is 59.1 Å². The second-order valence-corrected chi connectivity index (χ2v) is 6.22. The molecule has 3 aromatic rings. The minimum atomic E-state index is -0.406. The Hall–Kier alpha value is -2.73. The summed E-state index contributed by atoms with van der Waals surface area (Å²) in [5, 5.41) is 6.68. The van der Waals surface area contributed by atoms with E-state index in [-0.39, 0.29) is 11.8 Å². The number of amides is 2. The summed E-state index contributed by atoms with van der Waals surface area (Å²) in [5.41, 5.74) is 1.23. The monoisotopic (exact) mass is 400 g/mol. The molecule has 0 aliphatic rings. The molecule has 0 aromatic heterocycles. The van der Waals surface area contributed by atoms with Crippen LogP contribution in [0.25, 0.3) is 10.8 Å². The van der Waals surface area contributed by atoms with E-state index in [1.54, 1.807) is 31.3 Å². The summed E-state index contributed by atoms with van der Waals surface area (Å²) < 4.78 is 13.6. The number of carbonyl (C=O) groups excluding carboxylic acids is 2. The van der Waals surface area contributed by atoms with Crippen LogP contribution in [0.4, 0.5) is 10.1 Å². The van der Waals surface area contributed by atoms with Gasteiger partial charge >= 0.3 is 0 Å². The molecule has 0 aliphatic carbocycles. The minimum Gasteiger partial charge on any atom is -0.355 e. The van der Waals surface area contributed by atoms with Crippen molar-refractivity contribution in [3.05, 3.63) is 76.0 Å². The first-order chi connectivity index (χ1) is 12.0. The third kappa shape index (κ3) is 3.39. The van der Waals surface area contributed by atoms with Gasteiger partial charge in [0.25, 0.3) is 11.8 Å². The van der Waals surface area contributed by atoms with Crippen molar-refractivity contribution in [2.24, 2.45) is 0 Å². The molecule has 0 saturated heterocycles. The van der Waals surface area contributed by atoms with Crippen LogP contribution < -0.4 is 10.6 Å². The first-order valence-corrected chi connectivity index (χ1v) is 8.31. The Balaban J connectivity index is 2.08. The predicted octanol–water partition coefficient (Wildman–Crippen LogP) is 4.35. The van der Waals surface area contributed by atoms with E-state index in [1.807, 2.05) is 12.1 Å². The van der Waals surface area contributed by atoms with E-state index < -0.39 is 5.82 Å². The lowest BCUT2D eigenvalue weighted by Gasteiger charge is -2.12. The maximum absolute atomic E-state index is 13.2. The largest absolute Gasteiger partial charge is 0.355 e. The molecular formula is C19H14BrFN2O2. The van der Waals surface area contributed by atoms with Crippen molar-refractivity contribution in [3.8, 4) is 0 Å². The fourth-order valence-corrected chi connectivity index (χ4v) is 3.08. The molecule has 0 bridgehead atoms. The maximum atomic E-state index is 13.2. The zero-order valence-corrected chi connectivity index (χ0v) is 14.9. The molecule has 0 aliphatic heterocycles. The standard InChI is InChI=1S/C19H14BrFN2O2/c1-22-18(24)13-6-2-4-11-5-3-7-14(17(11)13)19(25)23-16-9-8-12(21)10-15(16)20/h2-10H,1H3,(H,22,24)(H,23,25). The topological polar surface area (TPSA) is 58.2 Å². The quantitative estimate of drug-likeness (QED) is 0.686. The molecular weight excluding hydrogens is 387 g/mol. The second-order valence-electron chi connectivity index (χ2n) is 5.37. The van der Waals surface area contributed by atoms with Crippen LogP contribution in [-0.4, -0.2) is 18.9 Å². The number of halogens is 2. The van der Waals surface area contributed by atoms with E-state index in [2.05, 4.69) is 26.6 Å². The molecule has 0 fully saturated rings. The summed E-state index contributed by atoms with van der Waals surface area (Å²) in [6.45, 7) is 0. The number of fused-ring (bicyclic) bond motifs is 1. The molecule has 0 radical (unpaired) electrons. The fourth-order valence-electron chi connectivity index (χ4n) is 2.63. The van der Waals surface area contributed by atoms with Crippen LogP contribution in [0, 0.1) is 5.82 Å². The molecule has 0 unspecified atom stereocenters. The Morgan fingerprint density at radius 2 is 1.60 bits per heavy atom. The summed E-state index contributed by atoms with van der Waals surface area (Å²) in [6.07, 6.45) is 0. The van der Waals surface area contributed by atoms with Crippen LogP contribution in [0.3, 0.4) is 0 Å². The van der Waals surface area contributed by atoms with Gasteiger partial charge in [-0.2, -0.15) is 0 Å². The van der Waals surface area contributed by atoms with Gasteiger partial charge in [0.05, 0.1) is 5.69 Å². The SMILES string of the molecule is CNC(=O)c1cccc2cccc(C(=O)Nc3ccc(F)cc3Br)c12. The van der Waals surface area contributed by atoms with Crippen LogP contribution in [0.1, 0.15) is 20.7 Å². The first kappa shape index (κ1) is 17.1. The van der Waals surface area contributed by atoms with Gasteiger partial charge in [0, 0.05) is 28.0 Å². The molecule has 0 saturated carbocycles. The van der Waals surface area contributed by atoms with Crippen LogP contribution >= 0.6 is 15.9 Å². The van der Waals surface area contributed by atoms with Gasteiger partial charge in [0.15, 0.2) is 0 Å². The molecule has 2 N–H and O–H groups in total. The average molecular weight is 401 g/mol. The minimum absolute atomic E-state index is 0.270. The number of nitrogens with one attached hydrogen (secondary N) is 2.